The molecule has 0 amide bonds. The van der Waals surface area contributed by atoms with Gasteiger partial charge in [-0.05, 0) is 44.9 Å². The van der Waals surface area contributed by atoms with Crippen molar-refractivity contribution in [1.82, 2.24) is 0 Å². The highest BCUT2D eigenvalue weighted by Crippen LogP contribution is 2.38. The lowest BCUT2D eigenvalue weighted by atomic mass is 9.73. The summed E-state index contributed by atoms with van der Waals surface area (Å²) >= 11 is 0. The molecule has 3 unspecified atom stereocenters. The summed E-state index contributed by atoms with van der Waals surface area (Å²) in [4.78, 5) is 0. The first-order valence-corrected chi connectivity index (χ1v) is 8.15. The highest BCUT2D eigenvalue weighted by Gasteiger charge is 2.40. The van der Waals surface area contributed by atoms with Gasteiger partial charge in [-0.1, -0.05) is 38.7 Å². The van der Waals surface area contributed by atoms with Gasteiger partial charge >= 0.3 is 0 Å². The molecule has 19 heavy (non-hydrogen) atoms. The van der Waals surface area contributed by atoms with Crippen LogP contribution >= 0.6 is 0 Å². The molecule has 0 aromatic carbocycles. The quantitative estimate of drug-likeness (QED) is 0.495. The number of nitrogens with two attached hydrogens (primary N) is 1. The number of hydrogen-bond donors (Lipinski definition) is 1. The molecule has 3 atom stereocenters. The average molecular weight is 267 g/mol. The van der Waals surface area contributed by atoms with Crippen molar-refractivity contribution in [1.29, 1.82) is 0 Å². The normalized spacial score (nSPS) is 29.1. The standard InChI is InChI=1S/C17H33NO/c1-4-6-7-8-9-12-16(18)17(19-5-2)13-10-11-15(3)14-17/h4,15-16H,1,5-14,18H2,2-3H3. The van der Waals surface area contributed by atoms with Crippen LogP contribution in [0.3, 0.4) is 0 Å². The van der Waals surface area contributed by atoms with Crippen LogP contribution < -0.4 is 5.73 Å². The summed E-state index contributed by atoms with van der Waals surface area (Å²) < 4.78 is 6.14. The molecule has 0 bridgehead atoms. The molecule has 0 aromatic heterocycles. The van der Waals surface area contributed by atoms with Gasteiger partial charge in [0.05, 0.1) is 5.60 Å². The van der Waals surface area contributed by atoms with Crippen LogP contribution in [0.15, 0.2) is 12.7 Å². The number of rotatable bonds is 9. The second-order valence-electron chi connectivity index (χ2n) is 6.23. The van der Waals surface area contributed by atoms with Crippen molar-refractivity contribution in [2.45, 2.75) is 83.3 Å². The monoisotopic (exact) mass is 267 g/mol. The largest absolute Gasteiger partial charge is 0.374 e. The Morgan fingerprint density at radius 3 is 2.84 bits per heavy atom. The smallest absolute Gasteiger partial charge is 0.0835 e. The fourth-order valence-electron chi connectivity index (χ4n) is 3.50. The molecule has 0 heterocycles. The van der Waals surface area contributed by atoms with Crippen molar-refractivity contribution in [2.24, 2.45) is 11.7 Å². The lowest BCUT2D eigenvalue weighted by Crippen LogP contribution is -2.52. The SMILES string of the molecule is C=CCCCCCC(N)C1(OCC)CCCC(C)C1. The molecule has 1 saturated carbocycles. The Kier molecular flexibility index (Phi) is 7.70. The molecule has 1 fully saturated rings. The summed E-state index contributed by atoms with van der Waals surface area (Å²) in [6.45, 7) is 8.99. The maximum atomic E-state index is 6.50. The van der Waals surface area contributed by atoms with E-state index in [0.717, 1.165) is 38.2 Å². The molecule has 2 heteroatoms. The summed E-state index contributed by atoms with van der Waals surface area (Å²) in [5.74, 6) is 0.757. The van der Waals surface area contributed by atoms with Crippen LogP contribution in [0.25, 0.3) is 0 Å². The van der Waals surface area contributed by atoms with E-state index in [2.05, 4.69) is 20.4 Å². The molecule has 1 aliphatic carbocycles. The molecular weight excluding hydrogens is 234 g/mol. The Labute approximate surface area is 119 Å². The Hall–Kier alpha value is -0.340. The minimum Gasteiger partial charge on any atom is -0.374 e. The minimum atomic E-state index is -0.0369. The van der Waals surface area contributed by atoms with Gasteiger partial charge < -0.3 is 10.5 Å². The zero-order valence-electron chi connectivity index (χ0n) is 13.0. The fourth-order valence-corrected chi connectivity index (χ4v) is 3.50. The van der Waals surface area contributed by atoms with E-state index in [4.69, 9.17) is 10.5 Å². The van der Waals surface area contributed by atoms with Crippen molar-refractivity contribution < 1.29 is 4.74 Å². The van der Waals surface area contributed by atoms with Gasteiger partial charge in [0.25, 0.3) is 0 Å². The molecule has 2 N–H and O–H groups in total. The van der Waals surface area contributed by atoms with E-state index >= 15 is 0 Å². The Balaban J connectivity index is 2.43. The van der Waals surface area contributed by atoms with Crippen molar-refractivity contribution in [3.8, 4) is 0 Å². The summed E-state index contributed by atoms with van der Waals surface area (Å²) in [6.07, 6.45) is 12.9. The molecular formula is C17H33NO. The van der Waals surface area contributed by atoms with Crippen molar-refractivity contribution in [2.75, 3.05) is 6.61 Å². The highest BCUT2D eigenvalue weighted by molar-refractivity contribution is 4.95. The van der Waals surface area contributed by atoms with Gasteiger partial charge in [-0.2, -0.15) is 0 Å². The molecule has 0 aromatic rings. The van der Waals surface area contributed by atoms with Gasteiger partial charge in [-0.3, -0.25) is 0 Å². The van der Waals surface area contributed by atoms with Crippen molar-refractivity contribution >= 4 is 0 Å². The first kappa shape index (κ1) is 16.7. The molecule has 0 saturated heterocycles. The van der Waals surface area contributed by atoms with Gasteiger partial charge in [0.2, 0.25) is 0 Å². The summed E-state index contributed by atoms with van der Waals surface area (Å²) in [7, 11) is 0. The van der Waals surface area contributed by atoms with Crippen LogP contribution in [0.5, 0.6) is 0 Å². The molecule has 1 aliphatic rings. The predicted molar refractivity (Wildman–Crippen MR) is 83.2 cm³/mol. The Morgan fingerprint density at radius 2 is 2.21 bits per heavy atom. The van der Waals surface area contributed by atoms with E-state index < -0.39 is 0 Å². The zero-order chi connectivity index (χ0) is 14.1. The minimum absolute atomic E-state index is 0.0369. The van der Waals surface area contributed by atoms with Gasteiger partial charge in [-0.15, -0.1) is 6.58 Å². The van der Waals surface area contributed by atoms with Crippen LogP contribution in [0, 0.1) is 5.92 Å². The van der Waals surface area contributed by atoms with E-state index in [0.29, 0.717) is 0 Å². The van der Waals surface area contributed by atoms with Gasteiger partial charge in [0.1, 0.15) is 0 Å². The molecule has 0 aliphatic heterocycles. The first-order valence-electron chi connectivity index (χ1n) is 8.15. The van der Waals surface area contributed by atoms with Crippen molar-refractivity contribution in [3.05, 3.63) is 12.7 Å². The first-order chi connectivity index (χ1) is 9.14. The zero-order valence-corrected chi connectivity index (χ0v) is 13.0. The number of ether oxygens (including phenoxy) is 1. The fraction of sp³-hybridized carbons (Fsp3) is 0.882. The Bertz CT molecular complexity index is 250. The second kappa shape index (κ2) is 8.76. The van der Waals surface area contributed by atoms with E-state index in [1.807, 2.05) is 6.08 Å². The van der Waals surface area contributed by atoms with Crippen LogP contribution in [-0.4, -0.2) is 18.2 Å². The summed E-state index contributed by atoms with van der Waals surface area (Å²) in [5.41, 5.74) is 6.46. The second-order valence-corrected chi connectivity index (χ2v) is 6.23. The molecule has 0 spiro atoms. The molecule has 0 radical (unpaired) electrons. The van der Waals surface area contributed by atoms with Crippen LogP contribution in [-0.2, 0) is 4.74 Å². The maximum absolute atomic E-state index is 6.50. The Morgan fingerprint density at radius 1 is 1.42 bits per heavy atom. The number of unbranched alkanes of at least 4 members (excludes halogenated alkanes) is 3. The summed E-state index contributed by atoms with van der Waals surface area (Å²) in [6, 6.07) is 0.207. The average Bonchev–Trinajstić information content (AvgIpc) is 2.38. The lowest BCUT2D eigenvalue weighted by Gasteiger charge is -2.44. The van der Waals surface area contributed by atoms with Crippen LogP contribution in [0.4, 0.5) is 0 Å². The lowest BCUT2D eigenvalue weighted by molar-refractivity contribution is -0.0943. The van der Waals surface area contributed by atoms with Crippen LogP contribution in [0.2, 0.25) is 0 Å². The van der Waals surface area contributed by atoms with Gasteiger partial charge in [0.15, 0.2) is 0 Å². The van der Waals surface area contributed by atoms with E-state index in [-0.39, 0.29) is 11.6 Å². The molecule has 112 valence electrons. The third kappa shape index (κ3) is 5.27. The topological polar surface area (TPSA) is 35.2 Å². The predicted octanol–water partition coefficient (Wildman–Crippen LogP) is 4.44. The van der Waals surface area contributed by atoms with Crippen LogP contribution in [0.1, 0.15) is 71.6 Å². The molecule has 1 rings (SSSR count). The summed E-state index contributed by atoms with van der Waals surface area (Å²) in [5, 5.41) is 0. The molecule has 2 nitrogen and oxygen atoms in total. The van der Waals surface area contributed by atoms with E-state index in [9.17, 15) is 0 Å². The third-order valence-electron chi connectivity index (χ3n) is 4.52. The van der Waals surface area contributed by atoms with Crippen molar-refractivity contribution in [3.63, 3.8) is 0 Å². The number of hydrogen-bond acceptors (Lipinski definition) is 2. The highest BCUT2D eigenvalue weighted by atomic mass is 16.5. The maximum Gasteiger partial charge on any atom is 0.0835 e. The van der Waals surface area contributed by atoms with E-state index in [1.54, 1.807) is 0 Å². The van der Waals surface area contributed by atoms with Gasteiger partial charge in [-0.25, -0.2) is 0 Å². The van der Waals surface area contributed by atoms with E-state index in [1.165, 1.54) is 32.1 Å². The number of allylic oxidation sites excluding steroid dienone is 1. The third-order valence-corrected chi connectivity index (χ3v) is 4.52. The van der Waals surface area contributed by atoms with Gasteiger partial charge in [0, 0.05) is 12.6 Å².